The third-order valence-corrected chi connectivity index (χ3v) is 7.87. The Bertz CT molecular complexity index is 1060. The third kappa shape index (κ3) is 3.88. The summed E-state index contributed by atoms with van der Waals surface area (Å²) in [5.41, 5.74) is 3.13. The van der Waals surface area contributed by atoms with Crippen molar-refractivity contribution in [1.29, 1.82) is 0 Å². The lowest BCUT2D eigenvalue weighted by atomic mass is 10.2. The molecule has 8 heteroatoms. The molecule has 0 saturated carbocycles. The number of thioether (sulfide) groups is 2. The lowest BCUT2D eigenvalue weighted by Crippen LogP contribution is -2.13. The van der Waals surface area contributed by atoms with Gasteiger partial charge < -0.3 is 5.32 Å². The minimum absolute atomic E-state index is 0.0182. The second-order valence-corrected chi connectivity index (χ2v) is 9.53. The lowest BCUT2D eigenvalue weighted by molar-refractivity contribution is -0.113. The molecule has 0 spiro atoms. The van der Waals surface area contributed by atoms with Crippen LogP contribution in [0.1, 0.15) is 5.56 Å². The first-order valence-electron chi connectivity index (χ1n) is 7.88. The van der Waals surface area contributed by atoms with E-state index in [2.05, 4.69) is 27.4 Å². The van der Waals surface area contributed by atoms with Crippen LogP contribution in [0.5, 0.6) is 0 Å². The molecule has 0 bridgehead atoms. The maximum Gasteiger partial charge on any atom is 0.236 e. The van der Waals surface area contributed by atoms with E-state index >= 15 is 0 Å². The average Bonchev–Trinajstić information content (AvgIpc) is 3.25. The number of nitrogens with one attached hydrogen (secondary N) is 1. The Morgan fingerprint density at radius 1 is 1.04 bits per heavy atom. The van der Waals surface area contributed by atoms with Gasteiger partial charge in [-0.15, -0.1) is 23.1 Å². The van der Waals surface area contributed by atoms with Crippen molar-refractivity contribution >= 4 is 77.7 Å². The Morgan fingerprint density at radius 3 is 2.54 bits per heavy atom. The van der Waals surface area contributed by atoms with E-state index in [1.54, 1.807) is 34.9 Å². The van der Waals surface area contributed by atoms with Gasteiger partial charge in [-0.05, 0) is 24.0 Å². The van der Waals surface area contributed by atoms with Crippen molar-refractivity contribution in [3.63, 3.8) is 0 Å². The fraction of sp³-hybridized carbons (Fsp3) is 0.167. The number of amides is 1. The molecule has 0 radical (unpaired) electrons. The van der Waals surface area contributed by atoms with Crippen LogP contribution >= 0.6 is 46.2 Å². The van der Waals surface area contributed by atoms with Gasteiger partial charge in [0.2, 0.25) is 5.91 Å². The maximum absolute atomic E-state index is 12.2. The van der Waals surface area contributed by atoms with Crippen molar-refractivity contribution in [1.82, 2.24) is 9.97 Å². The van der Waals surface area contributed by atoms with Crippen LogP contribution in [0.3, 0.4) is 0 Å². The highest BCUT2D eigenvalue weighted by molar-refractivity contribution is 8.00. The summed E-state index contributed by atoms with van der Waals surface area (Å²) in [6.07, 6.45) is 2.03. The van der Waals surface area contributed by atoms with Crippen molar-refractivity contribution in [2.45, 2.75) is 10.1 Å². The Balaban J connectivity index is 1.44. The summed E-state index contributed by atoms with van der Waals surface area (Å²) in [5.74, 6) is 1.22. The van der Waals surface area contributed by atoms with Crippen LogP contribution in [-0.4, -0.2) is 27.9 Å². The van der Waals surface area contributed by atoms with E-state index in [1.807, 2.05) is 36.6 Å². The molecule has 0 saturated heterocycles. The van der Waals surface area contributed by atoms with E-state index in [9.17, 15) is 4.79 Å². The number of carbonyl (C=O) groups is 1. The molecule has 132 valence electrons. The van der Waals surface area contributed by atoms with Crippen LogP contribution < -0.4 is 5.32 Å². The minimum atomic E-state index is -0.0182. The molecule has 0 aliphatic rings. The normalized spacial score (nSPS) is 11.3. The van der Waals surface area contributed by atoms with E-state index in [-0.39, 0.29) is 5.91 Å². The van der Waals surface area contributed by atoms with Crippen LogP contribution in [0.2, 0.25) is 0 Å². The summed E-state index contributed by atoms with van der Waals surface area (Å²) in [5, 5.41) is 3.58. The predicted octanol–water partition coefficient (Wildman–Crippen LogP) is 5.50. The molecule has 0 atom stereocenters. The number of hydrogen-bond donors (Lipinski definition) is 1. The van der Waals surface area contributed by atoms with Crippen LogP contribution in [0.15, 0.2) is 46.8 Å². The van der Waals surface area contributed by atoms with Crippen molar-refractivity contribution in [2.24, 2.45) is 0 Å². The molecule has 1 N–H and O–H groups in total. The highest BCUT2D eigenvalue weighted by Gasteiger charge is 2.13. The van der Waals surface area contributed by atoms with Gasteiger partial charge >= 0.3 is 0 Å². The molecule has 26 heavy (non-hydrogen) atoms. The molecule has 0 aliphatic carbocycles. The second-order valence-electron chi connectivity index (χ2n) is 5.49. The van der Waals surface area contributed by atoms with Crippen LogP contribution in [0.25, 0.3) is 20.4 Å². The molecule has 4 rings (SSSR count). The predicted molar refractivity (Wildman–Crippen MR) is 116 cm³/mol. The van der Waals surface area contributed by atoms with Gasteiger partial charge in [0.15, 0.2) is 9.47 Å². The Morgan fingerprint density at radius 2 is 1.77 bits per heavy atom. The number of thiazole rings is 2. The van der Waals surface area contributed by atoms with Crippen molar-refractivity contribution in [2.75, 3.05) is 17.3 Å². The molecule has 2 aromatic carbocycles. The standard InChI is InChI=1S/C18H15N3OS4/c1-23-18-20-13-8-7-12-15(16(13)26-18)25-17(19-12)21-14(22)10-24-9-11-5-3-2-4-6-11/h2-8H,9-10H2,1H3,(H,19,21,22). The van der Waals surface area contributed by atoms with Crippen LogP contribution in [-0.2, 0) is 10.5 Å². The highest BCUT2D eigenvalue weighted by atomic mass is 32.2. The van der Waals surface area contributed by atoms with Gasteiger partial charge in [-0.1, -0.05) is 53.4 Å². The minimum Gasteiger partial charge on any atom is -0.301 e. The molecule has 2 heterocycles. The molecule has 4 aromatic rings. The summed E-state index contributed by atoms with van der Waals surface area (Å²) in [6.45, 7) is 0. The fourth-order valence-corrected chi connectivity index (χ4v) is 5.95. The van der Waals surface area contributed by atoms with E-state index in [0.29, 0.717) is 10.9 Å². The van der Waals surface area contributed by atoms with Crippen LogP contribution in [0, 0.1) is 0 Å². The van der Waals surface area contributed by atoms with E-state index in [1.165, 1.54) is 16.9 Å². The number of nitrogens with zero attached hydrogens (tertiary/aromatic N) is 2. The van der Waals surface area contributed by atoms with Crippen molar-refractivity contribution in [3.05, 3.63) is 48.0 Å². The van der Waals surface area contributed by atoms with Gasteiger partial charge in [0.25, 0.3) is 0 Å². The number of aromatic nitrogens is 2. The second kappa shape index (κ2) is 7.96. The summed E-state index contributed by atoms with van der Waals surface area (Å²) in [4.78, 5) is 21.4. The number of hydrogen-bond acceptors (Lipinski definition) is 7. The van der Waals surface area contributed by atoms with E-state index in [0.717, 1.165) is 30.5 Å². The van der Waals surface area contributed by atoms with E-state index < -0.39 is 0 Å². The molecule has 1 amide bonds. The molecule has 2 aromatic heterocycles. The monoisotopic (exact) mass is 417 g/mol. The summed E-state index contributed by atoms with van der Waals surface area (Å²) in [7, 11) is 0. The van der Waals surface area contributed by atoms with Gasteiger partial charge in [-0.3, -0.25) is 4.79 Å². The lowest BCUT2D eigenvalue weighted by Gasteiger charge is -2.02. The maximum atomic E-state index is 12.2. The van der Waals surface area contributed by atoms with Crippen molar-refractivity contribution in [3.8, 4) is 0 Å². The SMILES string of the molecule is CSc1nc2ccc3nc(NC(=O)CSCc4ccccc4)sc3c2s1. The molecule has 0 unspecified atom stereocenters. The Labute approximate surface area is 167 Å². The number of carbonyl (C=O) groups excluding carboxylic acids is 1. The number of anilines is 1. The first-order chi connectivity index (χ1) is 12.7. The summed E-state index contributed by atoms with van der Waals surface area (Å²) < 4.78 is 3.28. The highest BCUT2D eigenvalue weighted by Crippen LogP contribution is 2.38. The molecule has 0 aliphatic heterocycles. The third-order valence-electron chi connectivity index (χ3n) is 3.66. The molecular formula is C18H15N3OS4. The summed E-state index contributed by atoms with van der Waals surface area (Å²) in [6, 6.07) is 14.1. The smallest absolute Gasteiger partial charge is 0.236 e. The zero-order chi connectivity index (χ0) is 17.9. The van der Waals surface area contributed by atoms with Gasteiger partial charge in [0, 0.05) is 5.75 Å². The van der Waals surface area contributed by atoms with Gasteiger partial charge in [-0.2, -0.15) is 0 Å². The largest absolute Gasteiger partial charge is 0.301 e. The van der Waals surface area contributed by atoms with E-state index in [4.69, 9.17) is 0 Å². The summed E-state index contributed by atoms with van der Waals surface area (Å²) >= 11 is 6.44. The van der Waals surface area contributed by atoms with Crippen LogP contribution in [0.4, 0.5) is 5.13 Å². The molecule has 0 fully saturated rings. The van der Waals surface area contributed by atoms with Gasteiger partial charge in [0.1, 0.15) is 0 Å². The topological polar surface area (TPSA) is 54.9 Å². The fourth-order valence-electron chi connectivity index (χ4n) is 2.48. The number of rotatable bonds is 6. The number of fused-ring (bicyclic) bond motifs is 3. The van der Waals surface area contributed by atoms with Gasteiger partial charge in [0.05, 0.1) is 26.2 Å². The zero-order valence-corrected chi connectivity index (χ0v) is 17.2. The first kappa shape index (κ1) is 17.8. The Hall–Kier alpha value is -1.61. The van der Waals surface area contributed by atoms with Gasteiger partial charge in [-0.25, -0.2) is 9.97 Å². The van der Waals surface area contributed by atoms with Crippen molar-refractivity contribution < 1.29 is 4.79 Å². The molecule has 4 nitrogen and oxygen atoms in total. The number of benzene rings is 2. The Kier molecular flexibility index (Phi) is 5.44. The quantitative estimate of drug-likeness (QED) is 0.420. The zero-order valence-electron chi connectivity index (χ0n) is 13.9. The first-order valence-corrected chi connectivity index (χ1v) is 11.9. The molecular weight excluding hydrogens is 402 g/mol. The average molecular weight is 418 g/mol.